The Morgan fingerprint density at radius 1 is 1.11 bits per heavy atom. The maximum Gasteiger partial charge on any atom is 0.252 e. The van der Waals surface area contributed by atoms with E-state index in [1.807, 2.05) is 0 Å². The molecular weight excluding hydrogens is 264 g/mol. The second-order valence-corrected chi connectivity index (χ2v) is 5.34. The van der Waals surface area contributed by atoms with Crippen molar-refractivity contribution in [2.24, 2.45) is 5.92 Å². The highest BCUT2D eigenvalue weighted by molar-refractivity contribution is 6.67. The lowest BCUT2D eigenvalue weighted by Gasteiger charge is -2.27. The van der Waals surface area contributed by atoms with E-state index in [4.69, 9.17) is 16.3 Å². The lowest BCUT2D eigenvalue weighted by atomic mass is 9.85. The third-order valence-corrected chi connectivity index (χ3v) is 3.85. The minimum Gasteiger partial charge on any atom is -0.490 e. The van der Waals surface area contributed by atoms with Gasteiger partial charge in [0.15, 0.2) is 0 Å². The molecule has 0 amide bonds. The van der Waals surface area contributed by atoms with Crippen molar-refractivity contribution in [3.8, 4) is 5.75 Å². The molecule has 0 aliphatic heterocycles. The van der Waals surface area contributed by atoms with E-state index in [1.165, 1.54) is 0 Å². The highest BCUT2D eigenvalue weighted by atomic mass is 35.5. The molecule has 0 saturated heterocycles. The first-order chi connectivity index (χ1) is 9.06. The zero-order chi connectivity index (χ0) is 13.8. The van der Waals surface area contributed by atoms with Gasteiger partial charge in [0.25, 0.3) is 5.24 Å². The molecule has 1 aliphatic carbocycles. The lowest BCUT2D eigenvalue weighted by Crippen LogP contribution is -2.27. The molecule has 0 N–H and O–H groups in total. The number of ether oxygens (including phenoxy) is 1. The Morgan fingerprint density at radius 3 is 2.16 bits per heavy atom. The van der Waals surface area contributed by atoms with Crippen LogP contribution in [0.5, 0.6) is 5.75 Å². The van der Waals surface area contributed by atoms with E-state index in [-0.39, 0.29) is 17.8 Å². The van der Waals surface area contributed by atoms with E-state index in [2.05, 4.69) is 0 Å². The molecule has 0 unspecified atom stereocenters. The molecule has 1 aromatic rings. The van der Waals surface area contributed by atoms with Crippen LogP contribution < -0.4 is 4.74 Å². The average molecular weight is 281 g/mol. The number of rotatable bonds is 4. The largest absolute Gasteiger partial charge is 0.490 e. The summed E-state index contributed by atoms with van der Waals surface area (Å²) < 4.78 is 5.85. The summed E-state index contributed by atoms with van der Waals surface area (Å²) in [5, 5.41) is -0.464. The fourth-order valence-electron chi connectivity index (χ4n) is 2.44. The standard InChI is InChI=1S/C15H17ClO3/c1-10(17)11-2-6-13(7-3-11)19-14-8-4-12(5-9-14)15(16)18/h4-5,8-9,11,13H,2-3,6-7H2,1H3/t11-,13+. The Balaban J connectivity index is 1.88. The van der Waals surface area contributed by atoms with Gasteiger partial charge in [-0.05, 0) is 68.5 Å². The summed E-state index contributed by atoms with van der Waals surface area (Å²) in [4.78, 5) is 22.2. The summed E-state index contributed by atoms with van der Waals surface area (Å²) in [6.45, 7) is 1.66. The second-order valence-electron chi connectivity index (χ2n) is 5.00. The predicted molar refractivity (Wildman–Crippen MR) is 73.7 cm³/mol. The van der Waals surface area contributed by atoms with Gasteiger partial charge >= 0.3 is 0 Å². The van der Waals surface area contributed by atoms with Crippen LogP contribution in [-0.4, -0.2) is 17.1 Å². The van der Waals surface area contributed by atoms with Crippen LogP contribution in [0.3, 0.4) is 0 Å². The van der Waals surface area contributed by atoms with Crippen LogP contribution in [0.1, 0.15) is 43.0 Å². The van der Waals surface area contributed by atoms with Crippen molar-refractivity contribution >= 4 is 22.6 Å². The summed E-state index contributed by atoms with van der Waals surface area (Å²) in [7, 11) is 0. The molecule has 102 valence electrons. The van der Waals surface area contributed by atoms with Crippen LogP contribution >= 0.6 is 11.6 Å². The van der Waals surface area contributed by atoms with Gasteiger partial charge in [0.1, 0.15) is 11.5 Å². The van der Waals surface area contributed by atoms with Crippen molar-refractivity contribution in [1.29, 1.82) is 0 Å². The maximum absolute atomic E-state index is 11.3. The van der Waals surface area contributed by atoms with Gasteiger partial charge in [0.05, 0.1) is 6.10 Å². The molecular formula is C15H17ClO3. The Bertz CT molecular complexity index is 459. The number of carbonyl (C=O) groups is 2. The molecule has 0 atom stereocenters. The Hall–Kier alpha value is -1.35. The Morgan fingerprint density at radius 2 is 1.68 bits per heavy atom. The van der Waals surface area contributed by atoms with Crippen LogP contribution in [0.15, 0.2) is 24.3 Å². The second kappa shape index (κ2) is 6.20. The molecule has 0 aromatic heterocycles. The normalized spacial score (nSPS) is 22.8. The highest BCUT2D eigenvalue weighted by Crippen LogP contribution is 2.28. The number of halogens is 1. The first kappa shape index (κ1) is 14.1. The zero-order valence-corrected chi connectivity index (χ0v) is 11.7. The zero-order valence-electron chi connectivity index (χ0n) is 10.9. The van der Waals surface area contributed by atoms with Crippen molar-refractivity contribution in [3.63, 3.8) is 0 Å². The van der Waals surface area contributed by atoms with E-state index in [0.717, 1.165) is 31.4 Å². The Kier molecular flexibility index (Phi) is 4.59. The van der Waals surface area contributed by atoms with Gasteiger partial charge in [-0.3, -0.25) is 9.59 Å². The van der Waals surface area contributed by atoms with Gasteiger partial charge in [0, 0.05) is 11.5 Å². The van der Waals surface area contributed by atoms with Gasteiger partial charge in [-0.25, -0.2) is 0 Å². The van der Waals surface area contributed by atoms with E-state index in [1.54, 1.807) is 31.2 Å². The Labute approximate surface area is 117 Å². The number of hydrogen-bond donors (Lipinski definition) is 0. The number of carbonyl (C=O) groups excluding carboxylic acids is 2. The summed E-state index contributed by atoms with van der Waals surface area (Å²) in [5.41, 5.74) is 0.467. The van der Waals surface area contributed by atoms with Crippen molar-refractivity contribution in [1.82, 2.24) is 0 Å². The van der Waals surface area contributed by atoms with Crippen LogP contribution in [0.2, 0.25) is 0 Å². The summed E-state index contributed by atoms with van der Waals surface area (Å²) in [6.07, 6.45) is 3.77. The van der Waals surface area contributed by atoms with E-state index in [0.29, 0.717) is 5.56 Å². The minimum atomic E-state index is -0.464. The average Bonchev–Trinajstić information content (AvgIpc) is 2.40. The van der Waals surface area contributed by atoms with Crippen molar-refractivity contribution in [2.45, 2.75) is 38.7 Å². The number of hydrogen-bond acceptors (Lipinski definition) is 3. The maximum atomic E-state index is 11.3. The van der Waals surface area contributed by atoms with Gasteiger partial charge in [0.2, 0.25) is 0 Å². The minimum absolute atomic E-state index is 0.160. The quantitative estimate of drug-likeness (QED) is 0.792. The molecule has 4 heteroatoms. The number of benzene rings is 1. The van der Waals surface area contributed by atoms with Crippen LogP contribution in [0.25, 0.3) is 0 Å². The highest BCUT2D eigenvalue weighted by Gasteiger charge is 2.24. The van der Waals surface area contributed by atoms with E-state index in [9.17, 15) is 9.59 Å². The van der Waals surface area contributed by atoms with Crippen LogP contribution in [0.4, 0.5) is 0 Å². The predicted octanol–water partition coefficient (Wildman–Crippen LogP) is 3.59. The van der Waals surface area contributed by atoms with Crippen molar-refractivity contribution < 1.29 is 14.3 Å². The van der Waals surface area contributed by atoms with Gasteiger partial charge in [-0.15, -0.1) is 0 Å². The van der Waals surface area contributed by atoms with Gasteiger partial charge < -0.3 is 4.74 Å². The molecule has 2 rings (SSSR count). The summed E-state index contributed by atoms with van der Waals surface area (Å²) >= 11 is 5.38. The number of Topliss-reactive ketones (excluding diaryl/α,β-unsaturated/α-hetero) is 1. The smallest absolute Gasteiger partial charge is 0.252 e. The monoisotopic (exact) mass is 280 g/mol. The molecule has 0 heterocycles. The third-order valence-electron chi connectivity index (χ3n) is 3.63. The topological polar surface area (TPSA) is 43.4 Å². The molecule has 0 spiro atoms. The SMILES string of the molecule is CC(=O)[C@H]1CC[C@@H](Oc2ccc(C(=O)Cl)cc2)CC1. The van der Waals surface area contributed by atoms with Crippen molar-refractivity contribution in [3.05, 3.63) is 29.8 Å². The lowest BCUT2D eigenvalue weighted by molar-refractivity contribution is -0.122. The molecule has 1 aromatic carbocycles. The first-order valence-electron chi connectivity index (χ1n) is 6.53. The summed E-state index contributed by atoms with van der Waals surface area (Å²) in [5.74, 6) is 1.23. The fourth-order valence-corrected chi connectivity index (χ4v) is 2.57. The fraction of sp³-hybridized carbons (Fsp3) is 0.467. The van der Waals surface area contributed by atoms with Gasteiger partial charge in [-0.2, -0.15) is 0 Å². The molecule has 0 bridgehead atoms. The van der Waals surface area contributed by atoms with E-state index >= 15 is 0 Å². The number of ketones is 1. The first-order valence-corrected chi connectivity index (χ1v) is 6.91. The molecule has 3 nitrogen and oxygen atoms in total. The molecule has 1 saturated carbocycles. The van der Waals surface area contributed by atoms with Crippen molar-refractivity contribution in [2.75, 3.05) is 0 Å². The molecule has 19 heavy (non-hydrogen) atoms. The molecule has 1 aliphatic rings. The molecule has 0 radical (unpaired) electrons. The summed E-state index contributed by atoms with van der Waals surface area (Å²) in [6, 6.07) is 6.83. The van der Waals surface area contributed by atoms with Crippen LogP contribution in [0, 0.1) is 5.92 Å². The van der Waals surface area contributed by atoms with Crippen LogP contribution in [-0.2, 0) is 4.79 Å². The third kappa shape index (κ3) is 3.80. The van der Waals surface area contributed by atoms with Gasteiger partial charge in [-0.1, -0.05) is 0 Å². The molecule has 1 fully saturated rings. The van der Waals surface area contributed by atoms with E-state index < -0.39 is 5.24 Å².